The van der Waals surface area contributed by atoms with Crippen molar-refractivity contribution in [1.82, 2.24) is 0 Å². The van der Waals surface area contributed by atoms with Crippen LogP contribution in [-0.4, -0.2) is 22.2 Å². The minimum atomic E-state index is -0.935. The molecule has 0 saturated heterocycles. The molecule has 26 heavy (non-hydrogen) atoms. The highest BCUT2D eigenvalue weighted by molar-refractivity contribution is 5.84. The maximum atomic E-state index is 10.3. The van der Waals surface area contributed by atoms with E-state index in [9.17, 15) is 9.59 Å². The molecule has 0 aromatic rings. The molecule has 0 bridgehead atoms. The first-order valence-electron chi connectivity index (χ1n) is 10.5. The van der Waals surface area contributed by atoms with Crippen LogP contribution in [0.3, 0.4) is 0 Å². The lowest BCUT2D eigenvalue weighted by atomic mass is 10.0. The van der Waals surface area contributed by atoms with E-state index in [4.69, 9.17) is 10.2 Å². The van der Waals surface area contributed by atoms with E-state index in [1.165, 1.54) is 90.4 Å². The number of hydrogen-bond donors (Lipinski definition) is 2. The molecule has 0 fully saturated rings. The fourth-order valence-electron chi connectivity index (χ4n) is 2.65. The second-order valence-electron chi connectivity index (χ2n) is 7.18. The van der Waals surface area contributed by atoms with E-state index in [1.54, 1.807) is 0 Å². The Hall–Kier alpha value is -1.32. The van der Waals surface area contributed by atoms with Crippen molar-refractivity contribution in [3.63, 3.8) is 0 Å². The summed E-state index contributed by atoms with van der Waals surface area (Å²) in [6, 6.07) is 0. The predicted molar refractivity (Wildman–Crippen MR) is 110 cm³/mol. The van der Waals surface area contributed by atoms with Gasteiger partial charge in [0.15, 0.2) is 0 Å². The van der Waals surface area contributed by atoms with Gasteiger partial charge in [-0.2, -0.15) is 0 Å². The van der Waals surface area contributed by atoms with Crippen LogP contribution >= 0.6 is 0 Å². The fourth-order valence-corrected chi connectivity index (χ4v) is 2.65. The lowest BCUT2D eigenvalue weighted by Gasteiger charge is -2.03. The lowest BCUT2D eigenvalue weighted by molar-refractivity contribution is -0.137. The first-order chi connectivity index (χ1) is 12.4. The molecule has 0 aromatic heterocycles. The Labute approximate surface area is 161 Å². The summed E-state index contributed by atoms with van der Waals surface area (Å²) in [6.07, 6.45) is 20.2. The summed E-state index contributed by atoms with van der Waals surface area (Å²) in [5, 5.41) is 16.4. The second-order valence-corrected chi connectivity index (χ2v) is 7.18. The van der Waals surface area contributed by atoms with Crippen molar-refractivity contribution < 1.29 is 19.8 Å². The summed E-state index contributed by atoms with van der Waals surface area (Å²) in [6.45, 7) is 6.87. The normalized spacial score (nSPS) is 10.1. The number of unbranched alkanes of at least 4 members (excludes halogenated alkanes) is 14. The van der Waals surface area contributed by atoms with E-state index < -0.39 is 11.9 Å². The minimum Gasteiger partial charge on any atom is -0.481 e. The SMILES string of the molecule is C=C(C)C(=O)O.CCCCCCCCCCCCCCCCCC(=O)O. The number of aliphatic carboxylic acids is 2. The Bertz CT molecular complexity index is 338. The van der Waals surface area contributed by atoms with E-state index in [0.717, 1.165) is 12.8 Å². The minimum absolute atomic E-state index is 0.176. The predicted octanol–water partition coefficient (Wildman–Crippen LogP) is 6.98. The van der Waals surface area contributed by atoms with Crippen LogP contribution in [0.2, 0.25) is 0 Å². The van der Waals surface area contributed by atoms with E-state index in [-0.39, 0.29) is 5.57 Å². The molecule has 0 heterocycles. The van der Waals surface area contributed by atoms with Gasteiger partial charge in [-0.15, -0.1) is 0 Å². The van der Waals surface area contributed by atoms with Crippen LogP contribution in [0.1, 0.15) is 117 Å². The molecule has 0 atom stereocenters. The van der Waals surface area contributed by atoms with E-state index >= 15 is 0 Å². The van der Waals surface area contributed by atoms with Gasteiger partial charge in [0.2, 0.25) is 0 Å². The monoisotopic (exact) mass is 370 g/mol. The van der Waals surface area contributed by atoms with Gasteiger partial charge in [0, 0.05) is 12.0 Å². The van der Waals surface area contributed by atoms with Crippen LogP contribution in [0.25, 0.3) is 0 Å². The van der Waals surface area contributed by atoms with Crippen LogP contribution in [0.15, 0.2) is 12.2 Å². The zero-order valence-corrected chi connectivity index (χ0v) is 17.2. The molecular formula is C22H42O4. The molecular weight excluding hydrogens is 328 g/mol. The van der Waals surface area contributed by atoms with Gasteiger partial charge in [0.25, 0.3) is 0 Å². The molecule has 4 nitrogen and oxygen atoms in total. The zero-order valence-electron chi connectivity index (χ0n) is 17.2. The summed E-state index contributed by atoms with van der Waals surface area (Å²) in [5.74, 6) is -1.59. The van der Waals surface area contributed by atoms with Gasteiger partial charge >= 0.3 is 11.9 Å². The van der Waals surface area contributed by atoms with Crippen molar-refractivity contribution in [2.75, 3.05) is 0 Å². The van der Waals surface area contributed by atoms with Gasteiger partial charge in [-0.05, 0) is 13.3 Å². The van der Waals surface area contributed by atoms with E-state index in [1.807, 2.05) is 0 Å². The zero-order chi connectivity index (χ0) is 20.0. The van der Waals surface area contributed by atoms with Gasteiger partial charge in [0.1, 0.15) is 0 Å². The molecule has 0 saturated carbocycles. The molecule has 0 amide bonds. The molecule has 0 unspecified atom stereocenters. The second kappa shape index (κ2) is 21.7. The van der Waals surface area contributed by atoms with Crippen molar-refractivity contribution >= 4 is 11.9 Å². The number of carbonyl (C=O) groups is 2. The van der Waals surface area contributed by atoms with Crippen LogP contribution in [0, 0.1) is 0 Å². The maximum absolute atomic E-state index is 10.3. The average molecular weight is 371 g/mol. The Balaban J connectivity index is 0. The van der Waals surface area contributed by atoms with Gasteiger partial charge in [-0.1, -0.05) is 103 Å². The van der Waals surface area contributed by atoms with Crippen molar-refractivity contribution in [2.45, 2.75) is 117 Å². The number of hydrogen-bond acceptors (Lipinski definition) is 2. The Morgan fingerprint density at radius 1 is 0.654 bits per heavy atom. The summed E-state index contributed by atoms with van der Waals surface area (Å²) in [7, 11) is 0. The van der Waals surface area contributed by atoms with Crippen molar-refractivity contribution in [1.29, 1.82) is 0 Å². The standard InChI is InChI=1S/C18H36O2.C4H6O2/c1-2-3-4-5-6-7-8-9-10-11-12-13-14-15-16-17-18(19)20;1-3(2)4(5)6/h2-17H2,1H3,(H,19,20);1H2,2H3,(H,5,6). The highest BCUT2D eigenvalue weighted by Gasteiger charge is 1.97. The smallest absolute Gasteiger partial charge is 0.330 e. The lowest BCUT2D eigenvalue weighted by Crippen LogP contribution is -1.93. The van der Waals surface area contributed by atoms with E-state index in [2.05, 4.69) is 13.5 Å². The van der Waals surface area contributed by atoms with E-state index in [0.29, 0.717) is 6.42 Å². The summed E-state index contributed by atoms with van der Waals surface area (Å²) >= 11 is 0. The first kappa shape index (κ1) is 26.9. The summed E-state index contributed by atoms with van der Waals surface area (Å²) in [4.78, 5) is 19.9. The van der Waals surface area contributed by atoms with Gasteiger partial charge in [-0.25, -0.2) is 4.79 Å². The Morgan fingerprint density at radius 3 is 1.15 bits per heavy atom. The average Bonchev–Trinajstić information content (AvgIpc) is 2.58. The third-order valence-corrected chi connectivity index (χ3v) is 4.36. The van der Waals surface area contributed by atoms with Gasteiger partial charge < -0.3 is 10.2 Å². The quantitative estimate of drug-likeness (QED) is 0.214. The molecule has 0 spiro atoms. The van der Waals surface area contributed by atoms with Gasteiger partial charge in [-0.3, -0.25) is 4.79 Å². The fraction of sp³-hybridized carbons (Fsp3) is 0.818. The number of rotatable bonds is 17. The van der Waals surface area contributed by atoms with Crippen LogP contribution in [-0.2, 0) is 9.59 Å². The van der Waals surface area contributed by atoms with Gasteiger partial charge in [0.05, 0.1) is 0 Å². The molecule has 4 heteroatoms. The highest BCUT2D eigenvalue weighted by atomic mass is 16.4. The number of carboxylic acids is 2. The maximum Gasteiger partial charge on any atom is 0.330 e. The van der Waals surface area contributed by atoms with Crippen molar-refractivity contribution in [3.8, 4) is 0 Å². The molecule has 0 aromatic carbocycles. The third kappa shape index (κ3) is 27.5. The first-order valence-corrected chi connectivity index (χ1v) is 10.5. The molecule has 0 aliphatic rings. The Morgan fingerprint density at radius 2 is 0.923 bits per heavy atom. The van der Waals surface area contributed by atoms with Crippen LogP contribution in [0.4, 0.5) is 0 Å². The molecule has 0 aliphatic heterocycles. The molecule has 154 valence electrons. The largest absolute Gasteiger partial charge is 0.481 e. The molecule has 0 radical (unpaired) electrons. The topological polar surface area (TPSA) is 74.6 Å². The molecule has 0 aliphatic carbocycles. The van der Waals surface area contributed by atoms with Crippen LogP contribution < -0.4 is 0 Å². The highest BCUT2D eigenvalue weighted by Crippen LogP contribution is 2.13. The summed E-state index contributed by atoms with van der Waals surface area (Å²) in [5.41, 5.74) is 0.176. The molecule has 0 rings (SSSR count). The molecule has 2 N–H and O–H groups in total. The van der Waals surface area contributed by atoms with Crippen molar-refractivity contribution in [3.05, 3.63) is 12.2 Å². The van der Waals surface area contributed by atoms with Crippen molar-refractivity contribution in [2.24, 2.45) is 0 Å². The van der Waals surface area contributed by atoms with Crippen LogP contribution in [0.5, 0.6) is 0 Å². The Kier molecular flexibility index (Phi) is 22.5. The number of carboxylic acid groups (broad SMARTS) is 2. The summed E-state index contributed by atoms with van der Waals surface area (Å²) < 4.78 is 0. The third-order valence-electron chi connectivity index (χ3n) is 4.36.